The van der Waals surface area contributed by atoms with Crippen molar-refractivity contribution in [3.05, 3.63) is 81.6 Å². The molecule has 0 atom stereocenters. The van der Waals surface area contributed by atoms with Gasteiger partial charge in [-0.15, -0.1) is 0 Å². The molecule has 29 heavy (non-hydrogen) atoms. The molecule has 6 nitrogen and oxygen atoms in total. The summed E-state index contributed by atoms with van der Waals surface area (Å²) in [4.78, 5) is 17.3. The summed E-state index contributed by atoms with van der Waals surface area (Å²) in [6.45, 7) is 7.32. The Balaban J connectivity index is 1.85. The molecule has 7 heteroatoms. The minimum Gasteiger partial charge on any atom is -0.326 e. The second-order valence-corrected chi connectivity index (χ2v) is 7.50. The number of anilines is 1. The summed E-state index contributed by atoms with van der Waals surface area (Å²) in [5.74, 6) is 0.177. The summed E-state index contributed by atoms with van der Waals surface area (Å²) in [6.07, 6.45) is 0. The van der Waals surface area contributed by atoms with Gasteiger partial charge in [-0.25, -0.2) is 4.99 Å². The van der Waals surface area contributed by atoms with E-state index >= 15 is 0 Å². The molecule has 1 heterocycles. The molecule has 0 spiro atoms. The predicted octanol–water partition coefficient (Wildman–Crippen LogP) is 4.68. The molecule has 2 N–H and O–H groups in total. The van der Waals surface area contributed by atoms with Gasteiger partial charge in [-0.05, 0) is 57.2 Å². The van der Waals surface area contributed by atoms with Crippen molar-refractivity contribution in [1.29, 1.82) is 0 Å². The van der Waals surface area contributed by atoms with Gasteiger partial charge in [0.15, 0.2) is 0 Å². The first-order valence-electron chi connectivity index (χ1n) is 9.44. The topological polar surface area (TPSA) is 71.3 Å². The van der Waals surface area contributed by atoms with Crippen LogP contribution in [0.25, 0.3) is 0 Å². The summed E-state index contributed by atoms with van der Waals surface area (Å²) in [7, 11) is 0. The molecule has 0 radical (unpaired) electrons. The standard InChI is InChI=1S/C22H24BrN5O/c1-4-28-16(3)20(15(2)27-28)14-24-22(25-19-12-10-18(23)11-13-19)26-21(29)17-8-6-5-7-9-17/h5-13H,4,14H2,1-3H3,(H2,24,25,26,29). The second kappa shape index (κ2) is 9.52. The lowest BCUT2D eigenvalue weighted by atomic mass is 10.2. The van der Waals surface area contributed by atoms with Gasteiger partial charge in [-0.3, -0.25) is 14.8 Å². The van der Waals surface area contributed by atoms with Gasteiger partial charge in [0.25, 0.3) is 5.91 Å². The van der Waals surface area contributed by atoms with Crippen LogP contribution in [-0.4, -0.2) is 21.6 Å². The summed E-state index contributed by atoms with van der Waals surface area (Å²) < 4.78 is 2.94. The Morgan fingerprint density at radius 2 is 1.79 bits per heavy atom. The Bertz CT molecular complexity index is 1010. The van der Waals surface area contributed by atoms with Crippen LogP contribution < -0.4 is 10.6 Å². The van der Waals surface area contributed by atoms with E-state index < -0.39 is 0 Å². The molecule has 0 saturated heterocycles. The van der Waals surface area contributed by atoms with Crippen molar-refractivity contribution in [3.63, 3.8) is 0 Å². The van der Waals surface area contributed by atoms with Crippen LogP contribution in [0.2, 0.25) is 0 Å². The molecule has 0 aliphatic rings. The minimum absolute atomic E-state index is 0.216. The van der Waals surface area contributed by atoms with Crippen molar-refractivity contribution in [2.45, 2.75) is 33.9 Å². The zero-order valence-corrected chi connectivity index (χ0v) is 18.3. The lowest BCUT2D eigenvalue weighted by molar-refractivity contribution is 0.0977. The molecule has 1 amide bonds. The molecule has 0 aliphatic carbocycles. The van der Waals surface area contributed by atoms with Crippen LogP contribution in [-0.2, 0) is 13.1 Å². The first-order chi connectivity index (χ1) is 14.0. The molecule has 0 fully saturated rings. The van der Waals surface area contributed by atoms with Crippen molar-refractivity contribution in [2.24, 2.45) is 4.99 Å². The average Bonchev–Trinajstić information content (AvgIpc) is 3.01. The predicted molar refractivity (Wildman–Crippen MR) is 120 cm³/mol. The van der Waals surface area contributed by atoms with E-state index in [0.717, 1.165) is 33.7 Å². The zero-order chi connectivity index (χ0) is 20.8. The molecular formula is C22H24BrN5O. The van der Waals surface area contributed by atoms with Gasteiger partial charge in [0, 0.05) is 33.5 Å². The van der Waals surface area contributed by atoms with Gasteiger partial charge >= 0.3 is 0 Å². The third-order valence-corrected chi connectivity index (χ3v) is 5.13. The molecule has 3 rings (SSSR count). The Kier molecular flexibility index (Phi) is 6.82. The summed E-state index contributed by atoms with van der Waals surface area (Å²) >= 11 is 3.43. The smallest absolute Gasteiger partial charge is 0.257 e. The number of aryl methyl sites for hydroxylation is 2. The fourth-order valence-corrected chi connectivity index (χ4v) is 3.24. The molecule has 150 valence electrons. The highest BCUT2D eigenvalue weighted by Gasteiger charge is 2.12. The van der Waals surface area contributed by atoms with Crippen molar-refractivity contribution < 1.29 is 4.79 Å². The summed E-state index contributed by atoms with van der Waals surface area (Å²) in [5, 5.41) is 10.6. The molecule has 3 aromatic rings. The molecule has 2 aromatic carbocycles. The van der Waals surface area contributed by atoms with Gasteiger partial charge in [-0.2, -0.15) is 5.10 Å². The Labute approximate surface area is 179 Å². The minimum atomic E-state index is -0.216. The number of hydrogen-bond donors (Lipinski definition) is 2. The van der Waals surface area contributed by atoms with E-state index in [1.807, 2.05) is 61.0 Å². The van der Waals surface area contributed by atoms with Gasteiger partial charge < -0.3 is 5.32 Å². The van der Waals surface area contributed by atoms with Crippen LogP contribution in [0.1, 0.15) is 34.2 Å². The third-order valence-electron chi connectivity index (χ3n) is 4.60. The SMILES string of the molecule is CCn1nc(C)c(CN=C(NC(=O)c2ccccc2)Nc2ccc(Br)cc2)c1C. The van der Waals surface area contributed by atoms with E-state index in [2.05, 4.69) is 43.6 Å². The Hall–Kier alpha value is -2.93. The highest BCUT2D eigenvalue weighted by Crippen LogP contribution is 2.16. The number of carbonyl (C=O) groups is 1. The van der Waals surface area contributed by atoms with Crippen molar-refractivity contribution >= 4 is 33.5 Å². The van der Waals surface area contributed by atoms with Gasteiger partial charge in [0.05, 0.1) is 12.2 Å². The van der Waals surface area contributed by atoms with Crippen LogP contribution >= 0.6 is 15.9 Å². The van der Waals surface area contributed by atoms with Crippen molar-refractivity contribution in [2.75, 3.05) is 5.32 Å². The number of nitrogens with zero attached hydrogens (tertiary/aromatic N) is 3. The fourth-order valence-electron chi connectivity index (χ4n) is 2.98. The Morgan fingerprint density at radius 3 is 2.41 bits per heavy atom. The highest BCUT2D eigenvalue weighted by atomic mass is 79.9. The van der Waals surface area contributed by atoms with Crippen molar-refractivity contribution in [3.8, 4) is 0 Å². The Morgan fingerprint density at radius 1 is 1.10 bits per heavy atom. The number of halogens is 1. The van der Waals surface area contributed by atoms with E-state index in [4.69, 9.17) is 0 Å². The average molecular weight is 454 g/mol. The van der Waals surface area contributed by atoms with Crippen molar-refractivity contribution in [1.82, 2.24) is 15.1 Å². The number of carbonyl (C=O) groups excluding carboxylic acids is 1. The quantitative estimate of drug-likeness (QED) is 0.435. The van der Waals surface area contributed by atoms with Gasteiger partial charge in [-0.1, -0.05) is 34.1 Å². The number of hydrogen-bond acceptors (Lipinski definition) is 3. The molecule has 1 aromatic heterocycles. The first kappa shape index (κ1) is 20.8. The van der Waals surface area contributed by atoms with E-state index in [1.54, 1.807) is 12.1 Å². The van der Waals surface area contributed by atoms with E-state index in [-0.39, 0.29) is 5.91 Å². The normalized spacial score (nSPS) is 11.4. The summed E-state index contributed by atoms with van der Waals surface area (Å²) in [5.41, 5.74) is 4.51. The van der Waals surface area contributed by atoms with Crippen LogP contribution in [0.15, 0.2) is 64.1 Å². The van der Waals surface area contributed by atoms with Crippen LogP contribution in [0.5, 0.6) is 0 Å². The lowest BCUT2D eigenvalue weighted by Crippen LogP contribution is -2.36. The number of aliphatic imine (C=N–C) groups is 1. The van der Waals surface area contributed by atoms with Gasteiger partial charge in [0.2, 0.25) is 5.96 Å². The maximum atomic E-state index is 12.6. The van der Waals surface area contributed by atoms with Crippen LogP contribution in [0.3, 0.4) is 0 Å². The van der Waals surface area contributed by atoms with E-state index in [0.29, 0.717) is 18.1 Å². The number of amides is 1. The largest absolute Gasteiger partial charge is 0.326 e. The number of benzene rings is 2. The first-order valence-corrected chi connectivity index (χ1v) is 10.2. The number of rotatable bonds is 5. The maximum absolute atomic E-state index is 12.6. The fraction of sp³-hybridized carbons (Fsp3) is 0.227. The summed E-state index contributed by atoms with van der Waals surface area (Å²) in [6, 6.07) is 16.8. The van der Waals surface area contributed by atoms with E-state index in [9.17, 15) is 4.79 Å². The monoisotopic (exact) mass is 453 g/mol. The molecule has 0 unspecified atom stereocenters. The number of guanidine groups is 1. The van der Waals surface area contributed by atoms with Gasteiger partial charge in [0.1, 0.15) is 0 Å². The lowest BCUT2D eigenvalue weighted by Gasteiger charge is -2.12. The zero-order valence-electron chi connectivity index (χ0n) is 16.7. The number of aromatic nitrogens is 2. The molecule has 0 saturated carbocycles. The second-order valence-electron chi connectivity index (χ2n) is 6.58. The highest BCUT2D eigenvalue weighted by molar-refractivity contribution is 9.10. The molecule has 0 aliphatic heterocycles. The molecular weight excluding hydrogens is 430 g/mol. The number of nitrogens with one attached hydrogen (secondary N) is 2. The van der Waals surface area contributed by atoms with Crippen LogP contribution in [0.4, 0.5) is 5.69 Å². The third kappa shape index (κ3) is 5.32. The maximum Gasteiger partial charge on any atom is 0.257 e. The van der Waals surface area contributed by atoms with E-state index in [1.165, 1.54) is 0 Å². The van der Waals surface area contributed by atoms with Crippen LogP contribution in [0, 0.1) is 13.8 Å². The molecule has 0 bridgehead atoms.